The molecule has 0 radical (unpaired) electrons. The normalized spacial score (nSPS) is 17.7. The lowest BCUT2D eigenvalue weighted by Crippen LogP contribution is -2.51. The van der Waals surface area contributed by atoms with Crippen molar-refractivity contribution in [1.29, 1.82) is 0 Å². The number of halogens is 2. The van der Waals surface area contributed by atoms with Gasteiger partial charge in [-0.05, 0) is 37.5 Å². The number of fused-ring (bicyclic) bond motifs is 1. The third kappa shape index (κ3) is 4.60. The molecule has 0 unspecified atom stereocenters. The summed E-state index contributed by atoms with van der Waals surface area (Å²) in [7, 11) is 0. The van der Waals surface area contributed by atoms with E-state index in [-0.39, 0.29) is 18.0 Å². The van der Waals surface area contributed by atoms with Crippen LogP contribution in [0.4, 0.5) is 11.5 Å². The Bertz CT molecular complexity index is 1020. The second kappa shape index (κ2) is 9.06. The van der Waals surface area contributed by atoms with E-state index in [1.165, 1.54) is 6.33 Å². The fourth-order valence-electron chi connectivity index (χ4n) is 3.78. The second-order valence-electron chi connectivity index (χ2n) is 7.39. The minimum Gasteiger partial charge on any atom is -0.374 e. The van der Waals surface area contributed by atoms with Crippen molar-refractivity contribution < 1.29 is 4.79 Å². The van der Waals surface area contributed by atoms with Crippen LogP contribution >= 0.6 is 23.2 Å². The molecule has 3 N–H and O–H groups in total. The molecule has 2 aromatic heterocycles. The lowest BCUT2D eigenvalue weighted by Gasteiger charge is -2.34. The van der Waals surface area contributed by atoms with Gasteiger partial charge in [-0.15, -0.1) is 0 Å². The Morgan fingerprint density at radius 3 is 2.87 bits per heavy atom. The summed E-state index contributed by atoms with van der Waals surface area (Å²) in [5.41, 5.74) is 1.43. The van der Waals surface area contributed by atoms with Crippen LogP contribution in [0, 0.1) is 0 Å². The number of aromatic amines is 1. The van der Waals surface area contributed by atoms with E-state index in [2.05, 4.69) is 35.7 Å². The van der Waals surface area contributed by atoms with Gasteiger partial charge in [0, 0.05) is 34.9 Å². The number of rotatable bonds is 6. The molecule has 1 fully saturated rings. The number of benzene rings is 1. The Morgan fingerprint density at radius 1 is 1.30 bits per heavy atom. The Labute approximate surface area is 184 Å². The summed E-state index contributed by atoms with van der Waals surface area (Å²) in [6.07, 6.45) is 5.78. The largest absolute Gasteiger partial charge is 0.374 e. The number of carbonyl (C=O) groups is 1. The topological polar surface area (TPSA) is 98.8 Å². The van der Waals surface area contributed by atoms with E-state index in [9.17, 15) is 4.79 Å². The smallest absolute Gasteiger partial charge is 0.242 e. The van der Waals surface area contributed by atoms with Gasteiger partial charge in [0.25, 0.3) is 0 Å². The Morgan fingerprint density at radius 2 is 2.10 bits per heavy atom. The number of piperidine rings is 1. The fraction of sp³-hybridized carbons (Fsp3) is 0.400. The van der Waals surface area contributed by atoms with Crippen molar-refractivity contribution in [3.63, 3.8) is 0 Å². The van der Waals surface area contributed by atoms with Gasteiger partial charge >= 0.3 is 0 Å². The van der Waals surface area contributed by atoms with Crippen LogP contribution in [0.2, 0.25) is 10.0 Å². The first kappa shape index (κ1) is 20.7. The standard InChI is InChI=1S/C20H23Cl2N7O/c1-2-17(26-15-7-12(21)6-13(22)8-15)20(30)27-14-4-3-5-29(10-14)19-16-9-25-28-18(16)23-11-24-19/h6-9,11,14,17,26H,2-5,10H2,1H3,(H,27,30)(H,23,24,25,28)/t14-,17-/m1/s1. The average Bonchev–Trinajstić information content (AvgIpc) is 3.20. The van der Waals surface area contributed by atoms with Gasteiger partial charge in [0.1, 0.15) is 18.2 Å². The monoisotopic (exact) mass is 447 g/mol. The maximum Gasteiger partial charge on any atom is 0.242 e. The predicted octanol–water partition coefficient (Wildman–Crippen LogP) is 3.64. The second-order valence-corrected chi connectivity index (χ2v) is 8.26. The van der Waals surface area contributed by atoms with E-state index >= 15 is 0 Å². The zero-order chi connectivity index (χ0) is 21.1. The molecule has 0 bridgehead atoms. The van der Waals surface area contributed by atoms with Crippen molar-refractivity contribution in [2.45, 2.75) is 38.3 Å². The van der Waals surface area contributed by atoms with Gasteiger partial charge in [0.2, 0.25) is 5.91 Å². The van der Waals surface area contributed by atoms with Gasteiger partial charge in [-0.3, -0.25) is 9.89 Å². The Kier molecular flexibility index (Phi) is 6.24. The number of anilines is 2. The van der Waals surface area contributed by atoms with E-state index in [1.807, 2.05) is 6.92 Å². The molecule has 1 aliphatic rings. The van der Waals surface area contributed by atoms with Gasteiger partial charge in [-0.25, -0.2) is 9.97 Å². The summed E-state index contributed by atoms with van der Waals surface area (Å²) >= 11 is 12.1. The zero-order valence-electron chi connectivity index (χ0n) is 16.5. The molecule has 2 atom stereocenters. The molecular formula is C20H23Cl2N7O. The molecule has 4 rings (SSSR count). The molecule has 1 aromatic carbocycles. The summed E-state index contributed by atoms with van der Waals surface area (Å²) in [5.74, 6) is 0.794. The average molecular weight is 448 g/mol. The van der Waals surface area contributed by atoms with Crippen LogP contribution in [-0.4, -0.2) is 51.2 Å². The number of nitrogens with zero attached hydrogens (tertiary/aromatic N) is 4. The van der Waals surface area contributed by atoms with Crippen LogP contribution in [0.5, 0.6) is 0 Å². The van der Waals surface area contributed by atoms with Crippen LogP contribution in [0.15, 0.2) is 30.7 Å². The first-order chi connectivity index (χ1) is 14.5. The number of amides is 1. The van der Waals surface area contributed by atoms with Crippen molar-refractivity contribution in [3.8, 4) is 0 Å². The van der Waals surface area contributed by atoms with Crippen LogP contribution in [0.25, 0.3) is 11.0 Å². The number of aromatic nitrogens is 4. The number of H-pyrrole nitrogens is 1. The fourth-order valence-corrected chi connectivity index (χ4v) is 4.31. The molecule has 0 spiro atoms. The highest BCUT2D eigenvalue weighted by molar-refractivity contribution is 6.35. The van der Waals surface area contributed by atoms with E-state index in [0.29, 0.717) is 28.7 Å². The van der Waals surface area contributed by atoms with Gasteiger partial charge in [0.15, 0.2) is 5.65 Å². The van der Waals surface area contributed by atoms with Crippen LogP contribution in [0.1, 0.15) is 26.2 Å². The molecule has 0 saturated carbocycles. The lowest BCUT2D eigenvalue weighted by atomic mass is 10.0. The molecule has 3 heterocycles. The summed E-state index contributed by atoms with van der Waals surface area (Å²) in [5, 5.41) is 15.3. The Hall–Kier alpha value is -2.58. The minimum atomic E-state index is -0.380. The molecular weight excluding hydrogens is 425 g/mol. The van der Waals surface area contributed by atoms with E-state index in [1.54, 1.807) is 24.4 Å². The summed E-state index contributed by atoms with van der Waals surface area (Å²) in [6, 6.07) is 4.83. The number of carbonyl (C=O) groups excluding carboxylic acids is 1. The number of nitrogens with one attached hydrogen (secondary N) is 3. The van der Waals surface area contributed by atoms with Gasteiger partial charge in [0.05, 0.1) is 11.6 Å². The minimum absolute atomic E-state index is 0.0296. The first-order valence-electron chi connectivity index (χ1n) is 9.95. The maximum absolute atomic E-state index is 12.9. The summed E-state index contributed by atoms with van der Waals surface area (Å²) in [4.78, 5) is 23.8. The molecule has 0 aliphatic carbocycles. The molecule has 1 amide bonds. The van der Waals surface area contributed by atoms with Crippen LogP contribution in [0.3, 0.4) is 0 Å². The van der Waals surface area contributed by atoms with Crippen molar-refractivity contribution in [2.24, 2.45) is 0 Å². The van der Waals surface area contributed by atoms with Crippen molar-refractivity contribution in [1.82, 2.24) is 25.5 Å². The molecule has 158 valence electrons. The first-order valence-corrected chi connectivity index (χ1v) is 10.7. The van der Waals surface area contributed by atoms with Crippen molar-refractivity contribution in [2.75, 3.05) is 23.3 Å². The lowest BCUT2D eigenvalue weighted by molar-refractivity contribution is -0.122. The van der Waals surface area contributed by atoms with Gasteiger partial charge < -0.3 is 15.5 Å². The third-order valence-electron chi connectivity index (χ3n) is 5.22. The van der Waals surface area contributed by atoms with Gasteiger partial charge in [-0.2, -0.15) is 5.10 Å². The van der Waals surface area contributed by atoms with Crippen molar-refractivity contribution in [3.05, 3.63) is 40.8 Å². The zero-order valence-corrected chi connectivity index (χ0v) is 18.0. The third-order valence-corrected chi connectivity index (χ3v) is 5.66. The number of hydrogen-bond acceptors (Lipinski definition) is 6. The molecule has 30 heavy (non-hydrogen) atoms. The van der Waals surface area contributed by atoms with E-state index in [0.717, 1.165) is 36.3 Å². The van der Waals surface area contributed by atoms with E-state index in [4.69, 9.17) is 23.2 Å². The van der Waals surface area contributed by atoms with Crippen molar-refractivity contribution >= 4 is 51.6 Å². The number of hydrogen-bond donors (Lipinski definition) is 3. The van der Waals surface area contributed by atoms with E-state index < -0.39 is 0 Å². The molecule has 8 nitrogen and oxygen atoms in total. The maximum atomic E-state index is 12.9. The quantitative estimate of drug-likeness (QED) is 0.533. The molecule has 1 aliphatic heterocycles. The summed E-state index contributed by atoms with van der Waals surface area (Å²) < 4.78 is 0. The predicted molar refractivity (Wildman–Crippen MR) is 119 cm³/mol. The molecule has 1 saturated heterocycles. The highest BCUT2D eigenvalue weighted by atomic mass is 35.5. The highest BCUT2D eigenvalue weighted by Gasteiger charge is 2.26. The summed E-state index contributed by atoms with van der Waals surface area (Å²) in [6.45, 7) is 3.52. The SMILES string of the molecule is CC[C@@H](Nc1cc(Cl)cc(Cl)c1)C(=O)N[C@@H]1CCCN(c2ncnc3[nH]ncc23)C1. The van der Waals surface area contributed by atoms with Crippen LogP contribution < -0.4 is 15.5 Å². The molecule has 3 aromatic rings. The van der Waals surface area contributed by atoms with Crippen LogP contribution in [-0.2, 0) is 4.79 Å². The van der Waals surface area contributed by atoms with Gasteiger partial charge in [-0.1, -0.05) is 30.1 Å². The highest BCUT2D eigenvalue weighted by Crippen LogP contribution is 2.25. The molecule has 10 heteroatoms. The Balaban J connectivity index is 1.42.